The van der Waals surface area contributed by atoms with Gasteiger partial charge >= 0.3 is 0 Å². The minimum atomic E-state index is -0.101. The Balaban J connectivity index is 1.63. The minimum absolute atomic E-state index is 0.0998. The van der Waals surface area contributed by atoms with Crippen LogP contribution in [0, 0.1) is 12.3 Å². The van der Waals surface area contributed by atoms with Crippen LogP contribution in [-0.2, 0) is 5.75 Å². The molecule has 0 bridgehead atoms. The highest BCUT2D eigenvalue weighted by Crippen LogP contribution is 2.29. The third kappa shape index (κ3) is 4.57. The van der Waals surface area contributed by atoms with Crippen molar-refractivity contribution < 1.29 is 0 Å². The number of hydrogen-bond acceptors (Lipinski definition) is 8. The first kappa shape index (κ1) is 24.0. The maximum Gasteiger partial charge on any atom is 0.266 e. The highest BCUT2D eigenvalue weighted by atomic mass is 32.2. The summed E-state index contributed by atoms with van der Waals surface area (Å²) in [5.41, 5.74) is 10.3. The first-order valence-electron chi connectivity index (χ1n) is 11.7. The lowest BCUT2D eigenvalue weighted by atomic mass is 9.94. The van der Waals surface area contributed by atoms with Gasteiger partial charge in [0, 0.05) is 6.54 Å². The van der Waals surface area contributed by atoms with E-state index in [0.717, 1.165) is 27.5 Å². The van der Waals surface area contributed by atoms with Crippen LogP contribution in [0.15, 0.2) is 64.9 Å². The van der Waals surface area contributed by atoms with Gasteiger partial charge in [-0.15, -0.1) is 0 Å². The number of thioether (sulfide) groups is 1. The summed E-state index contributed by atoms with van der Waals surface area (Å²) in [6.07, 6.45) is 3.09. The van der Waals surface area contributed by atoms with Crippen molar-refractivity contribution in [2.45, 2.75) is 31.6 Å². The normalized spacial score (nSPS) is 11.9. The van der Waals surface area contributed by atoms with E-state index in [-0.39, 0.29) is 11.0 Å². The molecule has 10 heteroatoms. The van der Waals surface area contributed by atoms with Gasteiger partial charge in [0.1, 0.15) is 22.7 Å². The number of aryl methyl sites for hydroxylation is 1. The number of nitrogens with two attached hydrogens (primary N) is 1. The summed E-state index contributed by atoms with van der Waals surface area (Å²) in [6, 6.07) is 13.5. The lowest BCUT2D eigenvalue weighted by Gasteiger charge is -2.25. The van der Waals surface area contributed by atoms with Crippen molar-refractivity contribution in [2.75, 3.05) is 18.4 Å². The van der Waals surface area contributed by atoms with Gasteiger partial charge < -0.3 is 16.0 Å². The minimum Gasteiger partial charge on any atom is -0.383 e. The molecule has 0 radical (unpaired) electrons. The van der Waals surface area contributed by atoms with E-state index in [0.29, 0.717) is 41.2 Å². The molecule has 0 saturated heterocycles. The molecule has 3 aromatic heterocycles. The van der Waals surface area contributed by atoms with E-state index in [1.54, 1.807) is 10.9 Å². The molecule has 36 heavy (non-hydrogen) atoms. The molecule has 0 unspecified atom stereocenters. The Morgan fingerprint density at radius 3 is 2.78 bits per heavy atom. The SMILES string of the molecule is Cc1cccc2nc(CSc3ncnc4nc[nH]c34)n(-c3ccccc3NCC(C)(C)CN)c(=O)c12. The summed E-state index contributed by atoms with van der Waals surface area (Å²) in [5, 5.41) is 4.87. The summed E-state index contributed by atoms with van der Waals surface area (Å²) in [4.78, 5) is 34.9. The van der Waals surface area contributed by atoms with Gasteiger partial charge in [0.05, 0.1) is 34.4 Å². The van der Waals surface area contributed by atoms with Crippen molar-refractivity contribution in [1.82, 2.24) is 29.5 Å². The third-order valence-electron chi connectivity index (χ3n) is 6.16. The van der Waals surface area contributed by atoms with Gasteiger partial charge in [0.15, 0.2) is 5.65 Å². The molecule has 0 spiro atoms. The molecule has 0 aliphatic carbocycles. The van der Waals surface area contributed by atoms with E-state index in [1.807, 2.05) is 49.4 Å². The van der Waals surface area contributed by atoms with Crippen molar-refractivity contribution in [3.63, 3.8) is 0 Å². The maximum atomic E-state index is 14.0. The van der Waals surface area contributed by atoms with Crippen molar-refractivity contribution in [2.24, 2.45) is 11.1 Å². The summed E-state index contributed by atoms with van der Waals surface area (Å²) >= 11 is 1.48. The number of fused-ring (bicyclic) bond motifs is 2. The molecule has 4 N–H and O–H groups in total. The van der Waals surface area contributed by atoms with Gasteiger partial charge in [-0.05, 0) is 42.6 Å². The van der Waals surface area contributed by atoms with E-state index >= 15 is 0 Å². The summed E-state index contributed by atoms with van der Waals surface area (Å²) in [6.45, 7) is 7.36. The number of rotatable bonds is 8. The average Bonchev–Trinajstić information content (AvgIpc) is 3.36. The van der Waals surface area contributed by atoms with Crippen LogP contribution in [0.1, 0.15) is 25.2 Å². The second-order valence-electron chi connectivity index (χ2n) is 9.45. The molecule has 3 heterocycles. The number of benzene rings is 2. The zero-order chi connectivity index (χ0) is 25.3. The van der Waals surface area contributed by atoms with Crippen LogP contribution in [0.5, 0.6) is 0 Å². The molecule has 2 aromatic carbocycles. The average molecular weight is 501 g/mol. The molecule has 0 fully saturated rings. The van der Waals surface area contributed by atoms with Crippen LogP contribution in [0.25, 0.3) is 27.8 Å². The van der Waals surface area contributed by atoms with Crippen molar-refractivity contribution in [1.29, 1.82) is 0 Å². The first-order valence-corrected chi connectivity index (χ1v) is 12.7. The van der Waals surface area contributed by atoms with Gasteiger partial charge in [-0.2, -0.15) is 0 Å². The number of nitrogens with one attached hydrogen (secondary N) is 2. The zero-order valence-corrected chi connectivity index (χ0v) is 21.3. The Morgan fingerprint density at radius 1 is 1.11 bits per heavy atom. The molecule has 9 nitrogen and oxygen atoms in total. The molecule has 5 aromatic rings. The second kappa shape index (κ2) is 9.71. The molecule has 0 saturated carbocycles. The Labute approximate surface area is 212 Å². The van der Waals surface area contributed by atoms with E-state index in [9.17, 15) is 4.79 Å². The number of para-hydroxylation sites is 2. The summed E-state index contributed by atoms with van der Waals surface area (Å²) < 4.78 is 1.71. The Hall–Kier alpha value is -3.76. The van der Waals surface area contributed by atoms with Gasteiger partial charge in [0.2, 0.25) is 0 Å². The fourth-order valence-corrected chi connectivity index (χ4v) is 4.87. The topological polar surface area (TPSA) is 127 Å². The number of imidazole rings is 1. The lowest BCUT2D eigenvalue weighted by Crippen LogP contribution is -2.32. The van der Waals surface area contributed by atoms with Gasteiger partial charge in [-0.25, -0.2) is 19.9 Å². The number of nitrogens with zero attached hydrogens (tertiary/aromatic N) is 5. The highest BCUT2D eigenvalue weighted by Gasteiger charge is 2.20. The van der Waals surface area contributed by atoms with Crippen LogP contribution >= 0.6 is 11.8 Å². The highest BCUT2D eigenvalue weighted by molar-refractivity contribution is 7.98. The molecule has 184 valence electrons. The van der Waals surface area contributed by atoms with Crippen LogP contribution in [0.4, 0.5) is 5.69 Å². The molecular weight excluding hydrogens is 472 g/mol. The number of H-pyrrole nitrogens is 1. The van der Waals surface area contributed by atoms with Crippen LogP contribution in [0.3, 0.4) is 0 Å². The van der Waals surface area contributed by atoms with E-state index in [4.69, 9.17) is 10.7 Å². The smallest absolute Gasteiger partial charge is 0.266 e. The quantitative estimate of drug-likeness (QED) is 0.215. The van der Waals surface area contributed by atoms with Crippen molar-refractivity contribution in [3.05, 3.63) is 76.9 Å². The monoisotopic (exact) mass is 500 g/mol. The summed E-state index contributed by atoms with van der Waals surface area (Å²) in [7, 11) is 0. The third-order valence-corrected chi connectivity index (χ3v) is 7.14. The van der Waals surface area contributed by atoms with E-state index in [1.165, 1.54) is 18.1 Å². The Kier molecular flexibility index (Phi) is 6.46. The molecular formula is C26H28N8OS. The molecule has 5 rings (SSSR count). The number of anilines is 1. The summed E-state index contributed by atoms with van der Waals surface area (Å²) in [5.74, 6) is 1.05. The van der Waals surface area contributed by atoms with E-state index in [2.05, 4.69) is 39.1 Å². The Bertz CT molecular complexity index is 1610. The Morgan fingerprint density at radius 2 is 1.94 bits per heavy atom. The predicted octanol–water partition coefficient (Wildman–Crippen LogP) is 4.05. The first-order chi connectivity index (χ1) is 17.4. The van der Waals surface area contributed by atoms with E-state index < -0.39 is 0 Å². The van der Waals surface area contributed by atoms with Crippen LogP contribution in [-0.4, -0.2) is 42.6 Å². The number of hydrogen-bond donors (Lipinski definition) is 3. The van der Waals surface area contributed by atoms with Crippen LogP contribution in [0.2, 0.25) is 0 Å². The zero-order valence-electron chi connectivity index (χ0n) is 20.4. The van der Waals surface area contributed by atoms with Gasteiger partial charge in [-0.3, -0.25) is 9.36 Å². The van der Waals surface area contributed by atoms with Crippen molar-refractivity contribution in [3.8, 4) is 5.69 Å². The number of aromatic nitrogens is 6. The molecule has 0 aliphatic heterocycles. The molecule has 0 aliphatic rings. The standard InChI is InChI=1S/C26H28N8OS/c1-16-7-6-9-18-21(16)25(35)34(19-10-5-4-8-17(19)28-13-26(2,3)12-27)20(33-18)11-36-24-22-23(30-14-29-22)31-15-32-24/h4-10,14-15,28H,11-13,27H2,1-3H3,(H,29,30,31,32). The van der Waals surface area contributed by atoms with Crippen molar-refractivity contribution >= 4 is 39.5 Å². The lowest BCUT2D eigenvalue weighted by molar-refractivity contribution is 0.405. The fourth-order valence-electron chi connectivity index (χ4n) is 4.00. The van der Waals surface area contributed by atoms with Gasteiger partial charge in [-0.1, -0.05) is 49.9 Å². The molecule has 0 atom stereocenters. The predicted molar refractivity (Wildman–Crippen MR) is 145 cm³/mol. The maximum absolute atomic E-state index is 14.0. The van der Waals surface area contributed by atoms with Crippen LogP contribution < -0.4 is 16.6 Å². The number of aromatic amines is 1. The largest absolute Gasteiger partial charge is 0.383 e. The molecule has 0 amide bonds. The fraction of sp³-hybridized carbons (Fsp3) is 0.269. The second-order valence-corrected chi connectivity index (χ2v) is 10.4. The van der Waals surface area contributed by atoms with Gasteiger partial charge in [0.25, 0.3) is 5.56 Å².